The van der Waals surface area contributed by atoms with E-state index in [0.717, 1.165) is 18.4 Å². The normalized spacial score (nSPS) is 10.1. The Morgan fingerprint density at radius 1 is 1.50 bits per heavy atom. The third kappa shape index (κ3) is 2.58. The zero-order valence-corrected chi connectivity index (χ0v) is 9.67. The number of aromatic hydroxyl groups is 1. The molecule has 1 aromatic rings. The molecule has 76 valence electrons. The van der Waals surface area contributed by atoms with Crippen LogP contribution in [0.15, 0.2) is 18.2 Å². The molecule has 0 heterocycles. The highest BCUT2D eigenvalue weighted by Gasteiger charge is 2.07. The molecule has 0 spiro atoms. The number of hydrogen-bond donors (Lipinski definition) is 1. The average Bonchev–Trinajstić information content (AvgIpc) is 2.20. The Hall–Kier alpha value is -0.830. The predicted molar refractivity (Wildman–Crippen MR) is 60.2 cm³/mol. The van der Waals surface area contributed by atoms with Crippen LogP contribution in [0.5, 0.6) is 5.75 Å². The molecule has 0 atom stereocenters. The molecule has 0 amide bonds. The Morgan fingerprint density at radius 3 is 2.79 bits per heavy atom. The summed E-state index contributed by atoms with van der Waals surface area (Å²) < 4.78 is 0. The number of phenolic OH excluding ortho intramolecular Hbond substituents is 1. The van der Waals surface area contributed by atoms with Crippen LogP contribution in [0, 0.1) is 0 Å². The van der Waals surface area contributed by atoms with E-state index in [9.17, 15) is 9.90 Å². The molecule has 1 aromatic carbocycles. The fourth-order valence-electron chi connectivity index (χ4n) is 1.31. The van der Waals surface area contributed by atoms with Gasteiger partial charge < -0.3 is 5.11 Å². The maximum atomic E-state index is 11.4. The lowest BCUT2D eigenvalue weighted by molar-refractivity contribution is 0.102. The van der Waals surface area contributed by atoms with E-state index in [2.05, 4.69) is 15.9 Å². The van der Waals surface area contributed by atoms with Crippen LogP contribution in [0.2, 0.25) is 0 Å². The molecule has 1 rings (SSSR count). The lowest BCUT2D eigenvalue weighted by Gasteiger charge is -2.04. The van der Waals surface area contributed by atoms with Crippen molar-refractivity contribution in [2.24, 2.45) is 0 Å². The third-order valence-corrected chi connectivity index (χ3v) is 2.55. The molecule has 0 bridgehead atoms. The van der Waals surface area contributed by atoms with E-state index < -0.39 is 0 Å². The Kier molecular flexibility index (Phi) is 4.14. The first kappa shape index (κ1) is 11.2. The van der Waals surface area contributed by atoms with Crippen LogP contribution >= 0.6 is 15.9 Å². The van der Waals surface area contributed by atoms with Gasteiger partial charge in [-0.1, -0.05) is 29.3 Å². The fraction of sp³-hybridized carbons (Fsp3) is 0.364. The highest BCUT2D eigenvalue weighted by Crippen LogP contribution is 2.20. The number of carbonyl (C=O) groups excluding carboxylic acids is 1. The number of rotatable bonds is 4. The van der Waals surface area contributed by atoms with Gasteiger partial charge >= 0.3 is 0 Å². The minimum Gasteiger partial charge on any atom is -0.508 e. The molecule has 14 heavy (non-hydrogen) atoms. The van der Waals surface area contributed by atoms with Gasteiger partial charge in [-0.15, -0.1) is 0 Å². The summed E-state index contributed by atoms with van der Waals surface area (Å²) in [5, 5.41) is 9.82. The Morgan fingerprint density at radius 2 is 2.21 bits per heavy atom. The molecule has 0 radical (unpaired) electrons. The molecular formula is C11H13BrO2. The van der Waals surface area contributed by atoms with Crippen molar-refractivity contribution in [2.45, 2.75) is 19.8 Å². The molecule has 0 aromatic heterocycles. The van der Waals surface area contributed by atoms with Crippen molar-refractivity contribution in [3.8, 4) is 5.75 Å². The zero-order valence-electron chi connectivity index (χ0n) is 8.09. The maximum Gasteiger partial charge on any atom is 0.173 e. The first-order chi connectivity index (χ1) is 6.69. The van der Waals surface area contributed by atoms with E-state index in [1.165, 1.54) is 0 Å². The number of halogens is 1. The molecule has 0 aliphatic rings. The van der Waals surface area contributed by atoms with Crippen LogP contribution in [0.3, 0.4) is 0 Å². The van der Waals surface area contributed by atoms with Crippen LogP contribution in [0.25, 0.3) is 0 Å². The molecule has 1 N–H and O–H groups in total. The van der Waals surface area contributed by atoms with E-state index >= 15 is 0 Å². The van der Waals surface area contributed by atoms with Crippen molar-refractivity contribution in [3.05, 3.63) is 29.3 Å². The Bertz CT molecular complexity index is 334. The summed E-state index contributed by atoms with van der Waals surface area (Å²) in [4.78, 5) is 11.4. The van der Waals surface area contributed by atoms with Gasteiger partial charge in [-0.2, -0.15) is 0 Å². The maximum absolute atomic E-state index is 11.4. The lowest BCUT2D eigenvalue weighted by Crippen LogP contribution is -2.00. The van der Waals surface area contributed by atoms with Crippen molar-refractivity contribution >= 4 is 21.7 Å². The molecule has 3 heteroatoms. The summed E-state index contributed by atoms with van der Waals surface area (Å²) in [6, 6.07) is 5.00. The van der Waals surface area contributed by atoms with Crippen LogP contribution in [-0.4, -0.2) is 16.2 Å². The molecule has 0 fully saturated rings. The second-order valence-corrected chi connectivity index (χ2v) is 3.71. The van der Waals surface area contributed by atoms with Crippen LogP contribution in [0.1, 0.15) is 29.3 Å². The summed E-state index contributed by atoms with van der Waals surface area (Å²) >= 11 is 3.12. The van der Waals surface area contributed by atoms with Gasteiger partial charge in [-0.05, 0) is 30.2 Å². The molecular weight excluding hydrogens is 244 g/mol. The summed E-state index contributed by atoms with van der Waals surface area (Å²) in [5.74, 6) is 0.320. The highest BCUT2D eigenvalue weighted by atomic mass is 79.9. The largest absolute Gasteiger partial charge is 0.508 e. The highest BCUT2D eigenvalue weighted by molar-refractivity contribution is 9.09. The van der Waals surface area contributed by atoms with E-state index in [4.69, 9.17) is 0 Å². The van der Waals surface area contributed by atoms with Gasteiger partial charge in [0.15, 0.2) is 5.78 Å². The first-order valence-corrected chi connectivity index (χ1v) is 5.72. The van der Waals surface area contributed by atoms with Crippen LogP contribution in [-0.2, 0) is 6.42 Å². The van der Waals surface area contributed by atoms with Crippen molar-refractivity contribution in [1.29, 1.82) is 0 Å². The summed E-state index contributed by atoms with van der Waals surface area (Å²) in [6.45, 7) is 2.04. The number of aryl methyl sites for hydroxylation is 1. The van der Waals surface area contributed by atoms with Crippen LogP contribution in [0.4, 0.5) is 0 Å². The van der Waals surface area contributed by atoms with Gasteiger partial charge in [0.1, 0.15) is 5.75 Å². The molecule has 0 unspecified atom stereocenters. The Balaban J connectivity index is 2.99. The molecule has 0 saturated heterocycles. The number of phenols is 1. The number of benzene rings is 1. The lowest BCUT2D eigenvalue weighted by atomic mass is 10.0. The standard InChI is InChI=1S/C11H13BrO2/c1-2-3-8-6-9(11(14)7-12)4-5-10(8)13/h4-6,13H,2-3,7H2,1H3. The number of Topliss-reactive ketones (excluding diaryl/α,β-unsaturated/α-hetero) is 1. The minimum atomic E-state index is 0.0438. The van der Waals surface area contributed by atoms with Gasteiger partial charge in [0.25, 0.3) is 0 Å². The van der Waals surface area contributed by atoms with Crippen molar-refractivity contribution < 1.29 is 9.90 Å². The fourth-order valence-corrected chi connectivity index (χ4v) is 1.63. The van der Waals surface area contributed by atoms with Gasteiger partial charge in [-0.3, -0.25) is 4.79 Å². The monoisotopic (exact) mass is 256 g/mol. The number of carbonyl (C=O) groups is 1. The third-order valence-electron chi connectivity index (χ3n) is 2.04. The summed E-state index contributed by atoms with van der Waals surface area (Å²) in [5.41, 5.74) is 1.50. The van der Waals surface area contributed by atoms with Gasteiger partial charge in [-0.25, -0.2) is 0 Å². The van der Waals surface area contributed by atoms with Crippen molar-refractivity contribution in [1.82, 2.24) is 0 Å². The van der Waals surface area contributed by atoms with Crippen LogP contribution < -0.4 is 0 Å². The number of hydrogen-bond acceptors (Lipinski definition) is 2. The van der Waals surface area contributed by atoms with Crippen molar-refractivity contribution in [2.75, 3.05) is 5.33 Å². The molecule has 0 aliphatic carbocycles. The smallest absolute Gasteiger partial charge is 0.173 e. The first-order valence-electron chi connectivity index (χ1n) is 4.60. The minimum absolute atomic E-state index is 0.0438. The topological polar surface area (TPSA) is 37.3 Å². The van der Waals surface area contributed by atoms with Gasteiger partial charge in [0.05, 0.1) is 5.33 Å². The van der Waals surface area contributed by atoms with E-state index in [-0.39, 0.29) is 11.5 Å². The second-order valence-electron chi connectivity index (χ2n) is 3.15. The summed E-state index contributed by atoms with van der Waals surface area (Å²) in [7, 11) is 0. The van der Waals surface area contributed by atoms with E-state index in [1.54, 1.807) is 18.2 Å². The SMILES string of the molecule is CCCc1cc(C(=O)CBr)ccc1O. The zero-order chi connectivity index (χ0) is 10.6. The molecule has 0 aliphatic heterocycles. The van der Waals surface area contributed by atoms with E-state index in [0.29, 0.717) is 10.9 Å². The molecule has 0 saturated carbocycles. The second kappa shape index (κ2) is 5.15. The average molecular weight is 257 g/mol. The Labute approximate surface area is 92.1 Å². The van der Waals surface area contributed by atoms with Gasteiger partial charge in [0, 0.05) is 5.56 Å². The van der Waals surface area contributed by atoms with Gasteiger partial charge in [0.2, 0.25) is 0 Å². The quantitative estimate of drug-likeness (QED) is 0.665. The predicted octanol–water partition coefficient (Wildman–Crippen LogP) is 2.92. The molecule has 2 nitrogen and oxygen atoms in total. The summed E-state index contributed by atoms with van der Waals surface area (Å²) in [6.07, 6.45) is 1.76. The van der Waals surface area contributed by atoms with E-state index in [1.807, 2.05) is 6.92 Å². The number of alkyl halides is 1. The number of ketones is 1. The van der Waals surface area contributed by atoms with Crippen molar-refractivity contribution in [3.63, 3.8) is 0 Å².